The summed E-state index contributed by atoms with van der Waals surface area (Å²) in [5.74, 6) is 0.938. The van der Waals surface area contributed by atoms with Crippen LogP contribution in [0.3, 0.4) is 0 Å². The molecule has 4 aromatic rings. The minimum Gasteiger partial charge on any atom is -0.508 e. The molecule has 3 aromatic carbocycles. The van der Waals surface area contributed by atoms with Gasteiger partial charge < -0.3 is 20.3 Å². The number of aromatic nitrogens is 2. The molecule has 206 valence electrons. The first-order valence-electron chi connectivity index (χ1n) is 14.3. The first-order chi connectivity index (χ1) is 19.6. The summed E-state index contributed by atoms with van der Waals surface area (Å²) in [6.07, 6.45) is 7.79. The molecule has 1 unspecified atom stereocenters. The number of benzene rings is 3. The zero-order valence-corrected chi connectivity index (χ0v) is 22.6. The highest BCUT2D eigenvalue weighted by Crippen LogP contribution is 2.41. The van der Waals surface area contributed by atoms with Gasteiger partial charge in [0.25, 0.3) is 0 Å². The van der Waals surface area contributed by atoms with Crippen molar-refractivity contribution in [2.75, 3.05) is 13.2 Å². The Bertz CT molecular complexity index is 1450. The molecule has 2 fully saturated rings. The Labute approximate surface area is 234 Å². The third kappa shape index (κ3) is 5.47. The molecule has 1 saturated carbocycles. The summed E-state index contributed by atoms with van der Waals surface area (Å²) in [5, 5.41) is 28.4. The molecule has 2 heterocycles. The van der Waals surface area contributed by atoms with Gasteiger partial charge in [0.15, 0.2) is 5.78 Å². The number of phenolic OH excluding ortho intramolecular Hbond substituents is 2. The van der Waals surface area contributed by atoms with Gasteiger partial charge in [0.2, 0.25) is 0 Å². The number of nitrogens with zero attached hydrogens (tertiary/aromatic N) is 2. The van der Waals surface area contributed by atoms with E-state index in [4.69, 9.17) is 9.84 Å². The Balaban J connectivity index is 1.34. The van der Waals surface area contributed by atoms with E-state index in [1.54, 1.807) is 36.4 Å². The number of carbonyl (C=O) groups excluding carboxylic acids is 1. The Morgan fingerprint density at radius 2 is 1.52 bits per heavy atom. The third-order valence-electron chi connectivity index (χ3n) is 8.10. The maximum Gasteiger partial charge on any atom is 0.197 e. The van der Waals surface area contributed by atoms with E-state index in [-0.39, 0.29) is 23.3 Å². The lowest BCUT2D eigenvalue weighted by molar-refractivity contribution is 0.103. The van der Waals surface area contributed by atoms with Crippen LogP contribution in [0, 0.1) is 0 Å². The average Bonchev–Trinajstić information content (AvgIpc) is 3.33. The largest absolute Gasteiger partial charge is 0.508 e. The monoisotopic (exact) mass is 537 g/mol. The molecule has 6 rings (SSSR count). The zero-order valence-electron chi connectivity index (χ0n) is 22.6. The van der Waals surface area contributed by atoms with Crippen molar-refractivity contribution in [1.82, 2.24) is 15.1 Å². The maximum absolute atomic E-state index is 14.2. The summed E-state index contributed by atoms with van der Waals surface area (Å²) < 4.78 is 7.99. The van der Waals surface area contributed by atoms with Crippen LogP contribution in [-0.2, 0) is 0 Å². The highest BCUT2D eigenvalue weighted by atomic mass is 16.5. The van der Waals surface area contributed by atoms with Gasteiger partial charge in [-0.2, -0.15) is 5.10 Å². The predicted octanol–water partition coefficient (Wildman–Crippen LogP) is 6.50. The van der Waals surface area contributed by atoms with Crippen molar-refractivity contribution in [2.24, 2.45) is 0 Å². The van der Waals surface area contributed by atoms with Crippen molar-refractivity contribution >= 4 is 5.78 Å². The molecule has 1 aliphatic carbocycles. The number of aromatic hydroxyl groups is 2. The standard InChI is InChI=1S/C33H35N3O4/c37-27-13-7-22(8-14-27)31-30(32(23-9-15-28(38)16-10-23)36(35-31)26-5-3-6-26)33(39)24-11-17-29(18-12-24)40-21-19-25-4-1-2-20-34-25/h7-18,25-26,34,37-38H,1-6,19-21H2. The van der Waals surface area contributed by atoms with Crippen molar-refractivity contribution in [1.29, 1.82) is 0 Å². The van der Waals surface area contributed by atoms with Crippen LogP contribution in [0.5, 0.6) is 17.2 Å². The van der Waals surface area contributed by atoms with Crippen molar-refractivity contribution in [3.8, 4) is 39.8 Å². The van der Waals surface area contributed by atoms with E-state index < -0.39 is 0 Å². The van der Waals surface area contributed by atoms with Crippen LogP contribution in [0.4, 0.5) is 0 Å². The molecule has 0 amide bonds. The van der Waals surface area contributed by atoms with Crippen LogP contribution < -0.4 is 10.1 Å². The van der Waals surface area contributed by atoms with E-state index in [2.05, 4.69) is 5.32 Å². The van der Waals surface area contributed by atoms with Gasteiger partial charge in [0.05, 0.1) is 23.9 Å². The summed E-state index contributed by atoms with van der Waals surface area (Å²) in [6.45, 7) is 1.71. The number of hydrogen-bond donors (Lipinski definition) is 3. The third-order valence-corrected chi connectivity index (χ3v) is 8.10. The Morgan fingerprint density at radius 3 is 2.12 bits per heavy atom. The number of ether oxygens (including phenoxy) is 1. The second kappa shape index (κ2) is 11.6. The Morgan fingerprint density at radius 1 is 0.850 bits per heavy atom. The second-order valence-electron chi connectivity index (χ2n) is 10.8. The molecule has 40 heavy (non-hydrogen) atoms. The molecule has 1 aromatic heterocycles. The minimum absolute atomic E-state index is 0.130. The smallest absolute Gasteiger partial charge is 0.197 e. The molecular weight excluding hydrogens is 502 g/mol. The van der Waals surface area contributed by atoms with Crippen molar-refractivity contribution in [3.63, 3.8) is 0 Å². The fourth-order valence-electron chi connectivity index (χ4n) is 5.60. The summed E-state index contributed by atoms with van der Waals surface area (Å²) in [4.78, 5) is 14.2. The second-order valence-corrected chi connectivity index (χ2v) is 10.8. The lowest BCUT2D eigenvalue weighted by Gasteiger charge is -2.27. The molecule has 1 saturated heterocycles. The van der Waals surface area contributed by atoms with Crippen LogP contribution in [0.15, 0.2) is 72.8 Å². The van der Waals surface area contributed by atoms with Crippen LogP contribution >= 0.6 is 0 Å². The molecule has 0 radical (unpaired) electrons. The van der Waals surface area contributed by atoms with E-state index in [0.29, 0.717) is 29.5 Å². The number of carbonyl (C=O) groups is 1. The highest BCUT2D eigenvalue weighted by molar-refractivity contribution is 6.16. The SMILES string of the molecule is O=C(c1ccc(OCCC2CCCCN2)cc1)c1c(-c2ccc(O)cc2)nn(C2CCC2)c1-c1ccc(O)cc1. The maximum atomic E-state index is 14.2. The molecule has 7 heteroatoms. The number of phenols is 2. The van der Waals surface area contributed by atoms with E-state index >= 15 is 0 Å². The highest BCUT2D eigenvalue weighted by Gasteiger charge is 2.31. The fraction of sp³-hybridized carbons (Fsp3) is 0.333. The molecule has 1 aliphatic heterocycles. The lowest BCUT2D eigenvalue weighted by atomic mass is 9.91. The topological polar surface area (TPSA) is 96.6 Å². The van der Waals surface area contributed by atoms with Crippen LogP contribution in [0.1, 0.15) is 66.9 Å². The number of ketones is 1. The number of nitrogens with one attached hydrogen (secondary N) is 1. The van der Waals surface area contributed by atoms with Crippen LogP contribution in [0.2, 0.25) is 0 Å². The van der Waals surface area contributed by atoms with Crippen molar-refractivity contribution < 1.29 is 19.7 Å². The molecular formula is C33H35N3O4. The zero-order chi connectivity index (χ0) is 27.5. The number of piperidine rings is 1. The van der Waals surface area contributed by atoms with E-state index in [1.165, 1.54) is 19.3 Å². The first kappa shape index (κ1) is 26.1. The molecule has 3 N–H and O–H groups in total. The van der Waals surface area contributed by atoms with Crippen molar-refractivity contribution in [3.05, 3.63) is 83.9 Å². The normalized spacial score (nSPS) is 17.4. The van der Waals surface area contributed by atoms with Crippen LogP contribution in [-0.4, -0.2) is 45.0 Å². The minimum atomic E-state index is -0.130. The molecule has 0 bridgehead atoms. The molecule has 1 atom stereocenters. The van der Waals surface area contributed by atoms with Gasteiger partial charge >= 0.3 is 0 Å². The summed E-state index contributed by atoms with van der Waals surface area (Å²) in [5.41, 5.74) is 3.98. The average molecular weight is 538 g/mol. The first-order valence-corrected chi connectivity index (χ1v) is 14.3. The van der Waals surface area contributed by atoms with E-state index in [9.17, 15) is 15.0 Å². The van der Waals surface area contributed by atoms with Crippen LogP contribution in [0.25, 0.3) is 22.5 Å². The van der Waals surface area contributed by atoms with Gasteiger partial charge in [-0.15, -0.1) is 0 Å². The summed E-state index contributed by atoms with van der Waals surface area (Å²) in [7, 11) is 0. The number of rotatable bonds is 9. The van der Waals surface area contributed by atoms with Gasteiger partial charge in [-0.1, -0.05) is 6.42 Å². The Kier molecular flexibility index (Phi) is 7.55. The fourth-order valence-corrected chi connectivity index (χ4v) is 5.60. The van der Waals surface area contributed by atoms with Gasteiger partial charge in [-0.25, -0.2) is 0 Å². The van der Waals surface area contributed by atoms with Gasteiger partial charge in [-0.05, 0) is 118 Å². The van der Waals surface area contributed by atoms with Gasteiger partial charge in [0.1, 0.15) is 22.9 Å². The summed E-state index contributed by atoms with van der Waals surface area (Å²) >= 11 is 0. The van der Waals surface area contributed by atoms with E-state index in [1.807, 2.05) is 41.1 Å². The van der Waals surface area contributed by atoms with Gasteiger partial charge in [-0.3, -0.25) is 9.48 Å². The molecule has 2 aliphatic rings. The lowest BCUT2D eigenvalue weighted by Crippen LogP contribution is -2.35. The number of hydrogen-bond acceptors (Lipinski definition) is 6. The van der Waals surface area contributed by atoms with E-state index in [0.717, 1.165) is 54.8 Å². The quantitative estimate of drug-likeness (QED) is 0.211. The molecule has 0 spiro atoms. The summed E-state index contributed by atoms with van der Waals surface area (Å²) in [6, 6.07) is 21.8. The Hall–Kier alpha value is -4.10. The molecule has 7 nitrogen and oxygen atoms in total. The predicted molar refractivity (Wildman–Crippen MR) is 155 cm³/mol. The van der Waals surface area contributed by atoms with Gasteiger partial charge in [0, 0.05) is 22.7 Å². The van der Waals surface area contributed by atoms with Crippen molar-refractivity contribution in [2.45, 2.75) is 57.0 Å².